The molecule has 0 radical (unpaired) electrons. The molecule has 1 aliphatic rings. The van der Waals surface area contributed by atoms with E-state index in [4.69, 9.17) is 11.6 Å². The smallest absolute Gasteiger partial charge is 0.251 e. The van der Waals surface area contributed by atoms with Gasteiger partial charge in [0.2, 0.25) is 10.0 Å². The molecule has 2 rings (SSSR count). The second-order valence-electron chi connectivity index (χ2n) is 7.15. The fourth-order valence-electron chi connectivity index (χ4n) is 2.46. The topological polar surface area (TPSA) is 69.7 Å². The minimum absolute atomic E-state index is 0.108. The molecule has 1 aromatic carbocycles. The van der Waals surface area contributed by atoms with Crippen molar-refractivity contribution >= 4 is 33.2 Å². The summed E-state index contributed by atoms with van der Waals surface area (Å²) in [7, 11) is 0.526. The number of sulfonamides is 1. The van der Waals surface area contributed by atoms with Crippen LogP contribution in [-0.4, -0.2) is 57.7 Å². The molecule has 1 heterocycles. The van der Waals surface area contributed by atoms with Gasteiger partial charge < -0.3 is 10.2 Å². The van der Waals surface area contributed by atoms with Gasteiger partial charge in [-0.2, -0.15) is 0 Å². The van der Waals surface area contributed by atoms with Crippen LogP contribution in [0.5, 0.6) is 0 Å². The van der Waals surface area contributed by atoms with E-state index in [1.54, 1.807) is 18.2 Å². The van der Waals surface area contributed by atoms with Gasteiger partial charge in [0.15, 0.2) is 0 Å². The summed E-state index contributed by atoms with van der Waals surface area (Å²) in [5.74, 6) is -0.140. The molecule has 0 atom stereocenters. The Balaban J connectivity index is 2.22. The van der Waals surface area contributed by atoms with Gasteiger partial charge in [0.05, 0.1) is 16.5 Å². The van der Waals surface area contributed by atoms with Crippen LogP contribution in [0, 0.1) is 0 Å². The zero-order chi connectivity index (χ0) is 18.8. The largest absolute Gasteiger partial charge is 0.350 e. The predicted octanol–water partition coefficient (Wildman–Crippen LogP) is 2.34. The molecule has 25 heavy (non-hydrogen) atoms. The molecule has 1 fully saturated rings. The van der Waals surface area contributed by atoms with Gasteiger partial charge in [0.25, 0.3) is 5.91 Å². The van der Waals surface area contributed by atoms with Gasteiger partial charge in [-0.3, -0.25) is 9.10 Å². The lowest BCUT2D eigenvalue weighted by Crippen LogP contribution is -2.48. The number of halogens is 1. The maximum atomic E-state index is 12.5. The number of rotatable bonds is 5. The zero-order valence-electron chi connectivity index (χ0n) is 15.2. The maximum absolute atomic E-state index is 12.5. The Hall–Kier alpha value is -1.31. The maximum Gasteiger partial charge on any atom is 0.251 e. The Kier molecular flexibility index (Phi) is 6.01. The van der Waals surface area contributed by atoms with E-state index < -0.39 is 10.0 Å². The number of nitrogens with zero attached hydrogens (tertiary/aromatic N) is 2. The molecule has 1 amide bonds. The lowest BCUT2D eigenvalue weighted by atomic mass is 10.0. The molecule has 0 spiro atoms. The molecule has 0 bridgehead atoms. The first-order chi connectivity index (χ1) is 11.5. The summed E-state index contributed by atoms with van der Waals surface area (Å²) in [6.07, 6.45) is 1.43. The number of carbonyl (C=O) groups excluding carboxylic acids is 1. The van der Waals surface area contributed by atoms with Crippen LogP contribution in [-0.2, 0) is 10.0 Å². The molecule has 1 aliphatic heterocycles. The predicted molar refractivity (Wildman–Crippen MR) is 102 cm³/mol. The van der Waals surface area contributed by atoms with Crippen molar-refractivity contribution in [3.63, 3.8) is 0 Å². The van der Waals surface area contributed by atoms with Crippen molar-refractivity contribution in [2.45, 2.75) is 32.2 Å². The lowest BCUT2D eigenvalue weighted by molar-refractivity contribution is 0.0919. The first-order valence-electron chi connectivity index (χ1n) is 8.30. The number of anilines is 1. The third kappa shape index (κ3) is 4.65. The van der Waals surface area contributed by atoms with Crippen LogP contribution in [0.25, 0.3) is 0 Å². The minimum Gasteiger partial charge on any atom is -0.350 e. The Morgan fingerprint density at radius 1 is 1.32 bits per heavy atom. The number of hydrogen-bond donors (Lipinski definition) is 1. The fraction of sp³-hybridized carbons (Fsp3) is 0.588. The van der Waals surface area contributed by atoms with E-state index in [2.05, 4.69) is 5.32 Å². The number of amides is 1. The Bertz CT molecular complexity index is 748. The minimum atomic E-state index is -3.38. The number of likely N-dealkylation sites (N-methyl/N-ethyl adjacent to an activating group) is 1. The zero-order valence-corrected chi connectivity index (χ0v) is 16.7. The van der Waals surface area contributed by atoms with E-state index in [-0.39, 0.29) is 17.2 Å². The molecule has 0 saturated carbocycles. The summed E-state index contributed by atoms with van der Waals surface area (Å²) in [5.41, 5.74) is 0.580. The van der Waals surface area contributed by atoms with Crippen molar-refractivity contribution in [1.29, 1.82) is 0 Å². The molecular formula is C17H26ClN3O3S. The van der Waals surface area contributed by atoms with Crippen LogP contribution in [0.3, 0.4) is 0 Å². The Morgan fingerprint density at radius 2 is 2.00 bits per heavy atom. The molecule has 0 unspecified atom stereocenters. The highest BCUT2D eigenvalue weighted by atomic mass is 35.5. The number of benzene rings is 1. The van der Waals surface area contributed by atoms with Crippen molar-refractivity contribution in [2.75, 3.05) is 37.2 Å². The standard InChI is InChI=1S/C17H26ClN3O3S/c1-17(2,20(3)4)12-19-16(22)13-7-8-14(18)15(11-13)21-9-5-6-10-25(21,23)24/h7-8,11H,5-6,9-10,12H2,1-4H3,(H,19,22). The average Bonchev–Trinajstić information content (AvgIpc) is 2.53. The normalized spacial score (nSPS) is 17.6. The van der Waals surface area contributed by atoms with E-state index in [0.717, 1.165) is 6.42 Å². The molecule has 1 aromatic rings. The highest BCUT2D eigenvalue weighted by Crippen LogP contribution is 2.31. The SMILES string of the molecule is CN(C)C(C)(C)CNC(=O)c1ccc(Cl)c(N2CCCCS2(=O)=O)c1. The van der Waals surface area contributed by atoms with Gasteiger partial charge in [-0.1, -0.05) is 11.6 Å². The van der Waals surface area contributed by atoms with Crippen molar-refractivity contribution in [3.05, 3.63) is 28.8 Å². The van der Waals surface area contributed by atoms with E-state index >= 15 is 0 Å². The number of carbonyl (C=O) groups is 1. The molecule has 6 nitrogen and oxygen atoms in total. The van der Waals surface area contributed by atoms with Gasteiger partial charge in [0, 0.05) is 24.2 Å². The number of nitrogens with one attached hydrogen (secondary N) is 1. The van der Waals surface area contributed by atoms with E-state index in [9.17, 15) is 13.2 Å². The third-order valence-corrected chi connectivity index (χ3v) is 6.89. The van der Waals surface area contributed by atoms with Crippen LogP contribution in [0.15, 0.2) is 18.2 Å². The van der Waals surface area contributed by atoms with Gasteiger partial charge in [-0.15, -0.1) is 0 Å². The van der Waals surface area contributed by atoms with Crippen molar-refractivity contribution < 1.29 is 13.2 Å². The molecule has 1 N–H and O–H groups in total. The quantitative estimate of drug-likeness (QED) is 0.841. The molecule has 0 aromatic heterocycles. The highest BCUT2D eigenvalue weighted by Gasteiger charge is 2.28. The van der Waals surface area contributed by atoms with E-state index in [1.165, 1.54) is 4.31 Å². The summed E-state index contributed by atoms with van der Waals surface area (Å²) in [4.78, 5) is 14.5. The van der Waals surface area contributed by atoms with Gasteiger partial charge >= 0.3 is 0 Å². The summed E-state index contributed by atoms with van der Waals surface area (Å²) in [5, 5.41) is 3.23. The summed E-state index contributed by atoms with van der Waals surface area (Å²) < 4.78 is 25.9. The number of hydrogen-bond acceptors (Lipinski definition) is 4. The first-order valence-corrected chi connectivity index (χ1v) is 10.3. The molecule has 1 saturated heterocycles. The molecule has 8 heteroatoms. The van der Waals surface area contributed by atoms with Crippen LogP contribution in [0.4, 0.5) is 5.69 Å². The van der Waals surface area contributed by atoms with Crippen LogP contribution in [0.1, 0.15) is 37.0 Å². The van der Waals surface area contributed by atoms with Crippen molar-refractivity contribution in [2.24, 2.45) is 0 Å². The van der Waals surface area contributed by atoms with Crippen LogP contribution in [0.2, 0.25) is 5.02 Å². The van der Waals surface area contributed by atoms with Crippen molar-refractivity contribution in [3.8, 4) is 0 Å². The second-order valence-corrected chi connectivity index (χ2v) is 9.57. The molecule has 140 valence electrons. The monoisotopic (exact) mass is 387 g/mol. The highest BCUT2D eigenvalue weighted by molar-refractivity contribution is 7.92. The van der Waals surface area contributed by atoms with Crippen LogP contribution >= 0.6 is 11.6 Å². The second kappa shape index (κ2) is 7.51. The van der Waals surface area contributed by atoms with E-state index in [0.29, 0.717) is 35.8 Å². The molecule has 0 aliphatic carbocycles. The van der Waals surface area contributed by atoms with Gasteiger partial charge in [-0.05, 0) is 59.0 Å². The third-order valence-electron chi connectivity index (χ3n) is 4.72. The Morgan fingerprint density at radius 3 is 2.60 bits per heavy atom. The van der Waals surface area contributed by atoms with Gasteiger partial charge in [-0.25, -0.2) is 8.42 Å². The Labute approximate surface area is 155 Å². The first kappa shape index (κ1) is 20.0. The lowest BCUT2D eigenvalue weighted by Gasteiger charge is -2.32. The fourth-order valence-corrected chi connectivity index (χ4v) is 4.38. The van der Waals surface area contributed by atoms with Gasteiger partial charge in [0.1, 0.15) is 0 Å². The summed E-state index contributed by atoms with van der Waals surface area (Å²) in [6.45, 7) is 4.92. The van der Waals surface area contributed by atoms with Crippen molar-refractivity contribution in [1.82, 2.24) is 10.2 Å². The van der Waals surface area contributed by atoms with Crippen LogP contribution < -0.4 is 9.62 Å². The summed E-state index contributed by atoms with van der Waals surface area (Å²) in [6, 6.07) is 4.75. The van der Waals surface area contributed by atoms with E-state index in [1.807, 2.05) is 32.8 Å². The molecular weight excluding hydrogens is 362 g/mol. The summed E-state index contributed by atoms with van der Waals surface area (Å²) >= 11 is 6.21. The average molecular weight is 388 g/mol.